The summed E-state index contributed by atoms with van der Waals surface area (Å²) < 4.78 is 51.9. The standard InChI is InChI=1S/C10H16N5O13P3.C5H9NO4/c11-8-5-9(13-2-12-8)15(3-14-5)10-7(17)6(16)4(26-10)1-25-30(21,22)28-31(23,24)27-29(18,19)20;6-3(5(9)10)1-2-4(7)8/h2-4,6-7,10,16-17H,1H2,(H,21,22)(H,23,24)(H2,11,12,13)(H2,18,19,20);3H,1-2,6H2,(H,7,8)(H,9,10)/t4-,6-,7-,10-;/m1./s1. The Kier molecular flexibility index (Phi) is 11.6. The van der Waals surface area contributed by atoms with Crippen LogP contribution in [0.25, 0.3) is 11.2 Å². The predicted molar refractivity (Wildman–Crippen MR) is 128 cm³/mol. The minimum Gasteiger partial charge on any atom is -0.481 e. The zero-order valence-corrected chi connectivity index (χ0v) is 22.9. The lowest BCUT2D eigenvalue weighted by atomic mass is 10.1. The van der Waals surface area contributed by atoms with Crippen molar-refractivity contribution in [2.24, 2.45) is 5.73 Å². The van der Waals surface area contributed by atoms with Crippen molar-refractivity contribution in [1.82, 2.24) is 19.5 Å². The average molecular weight is 654 g/mol. The van der Waals surface area contributed by atoms with E-state index in [9.17, 15) is 38.4 Å². The average Bonchev–Trinajstić information content (AvgIpc) is 3.36. The van der Waals surface area contributed by atoms with Crippen molar-refractivity contribution in [3.05, 3.63) is 12.7 Å². The van der Waals surface area contributed by atoms with Gasteiger partial charge in [0, 0.05) is 6.42 Å². The number of phosphoric ester groups is 1. The molecule has 232 valence electrons. The fourth-order valence-corrected chi connectivity index (χ4v) is 6.06. The maximum absolute atomic E-state index is 11.8. The number of aromatic nitrogens is 4. The van der Waals surface area contributed by atoms with Crippen LogP contribution >= 0.6 is 23.5 Å². The molecule has 12 N–H and O–H groups in total. The molecule has 3 heterocycles. The number of nitrogens with zero attached hydrogens (tertiary/aromatic N) is 4. The van der Waals surface area contributed by atoms with Crippen LogP contribution in [0.1, 0.15) is 19.1 Å². The van der Waals surface area contributed by atoms with Crippen LogP contribution in [0.5, 0.6) is 0 Å². The third-order valence-corrected chi connectivity index (χ3v) is 8.61. The summed E-state index contributed by atoms with van der Waals surface area (Å²) in [6, 6.07) is -1.06. The quantitative estimate of drug-likeness (QED) is 0.107. The smallest absolute Gasteiger partial charge is 0.481 e. The molecule has 41 heavy (non-hydrogen) atoms. The molecule has 1 saturated heterocycles. The number of hydrogen-bond donors (Lipinski definition) is 10. The number of carboxylic acid groups (broad SMARTS) is 2. The van der Waals surface area contributed by atoms with Gasteiger partial charge in [-0.2, -0.15) is 8.62 Å². The molecule has 0 bridgehead atoms. The van der Waals surface area contributed by atoms with E-state index in [-0.39, 0.29) is 29.8 Å². The Balaban J connectivity index is 0.000000503. The first kappa shape index (κ1) is 34.7. The maximum atomic E-state index is 11.8. The minimum absolute atomic E-state index is 0.0231. The van der Waals surface area contributed by atoms with Gasteiger partial charge in [-0.3, -0.25) is 18.7 Å². The van der Waals surface area contributed by atoms with E-state index in [2.05, 4.69) is 28.1 Å². The number of carboxylic acids is 2. The normalized spacial score (nSPS) is 24.6. The number of aliphatic hydroxyl groups excluding tert-OH is 2. The van der Waals surface area contributed by atoms with Crippen molar-refractivity contribution >= 4 is 52.4 Å². The van der Waals surface area contributed by atoms with Crippen LogP contribution in [0.15, 0.2) is 12.7 Å². The van der Waals surface area contributed by atoms with E-state index < -0.39 is 72.6 Å². The number of imidazole rings is 1. The Morgan fingerprint density at radius 2 is 1.66 bits per heavy atom. The highest BCUT2D eigenvalue weighted by Gasteiger charge is 2.47. The van der Waals surface area contributed by atoms with E-state index in [1.165, 1.54) is 10.9 Å². The first-order chi connectivity index (χ1) is 18.7. The van der Waals surface area contributed by atoms with Gasteiger partial charge in [-0.15, -0.1) is 0 Å². The third kappa shape index (κ3) is 10.4. The van der Waals surface area contributed by atoms with Crippen molar-refractivity contribution in [2.75, 3.05) is 12.3 Å². The van der Waals surface area contributed by atoms with E-state index in [0.717, 1.165) is 6.33 Å². The van der Waals surface area contributed by atoms with E-state index in [1.807, 2.05) is 0 Å². The summed E-state index contributed by atoms with van der Waals surface area (Å²) in [7, 11) is -16.7. The zero-order chi connectivity index (χ0) is 31.3. The fraction of sp³-hybridized carbons (Fsp3) is 0.533. The number of anilines is 1. The Morgan fingerprint density at radius 1 is 1.02 bits per heavy atom. The van der Waals surface area contributed by atoms with E-state index in [0.29, 0.717) is 0 Å². The number of nitrogens with two attached hydrogens (primary N) is 2. The van der Waals surface area contributed by atoms with E-state index >= 15 is 0 Å². The van der Waals surface area contributed by atoms with Gasteiger partial charge in [0.25, 0.3) is 0 Å². The summed E-state index contributed by atoms with van der Waals surface area (Å²) in [6.45, 7) is -0.956. The van der Waals surface area contributed by atoms with Crippen LogP contribution in [0.2, 0.25) is 0 Å². The number of phosphoric acid groups is 3. The molecule has 3 rings (SSSR count). The molecular formula is C15H25N6O17P3. The number of nitrogen functional groups attached to an aromatic ring is 1. The van der Waals surface area contributed by atoms with Crippen LogP contribution in [0.3, 0.4) is 0 Å². The molecule has 1 aliphatic rings. The summed E-state index contributed by atoms with van der Waals surface area (Å²) in [5.74, 6) is -2.15. The third-order valence-electron chi connectivity index (χ3n) is 4.80. The van der Waals surface area contributed by atoms with Gasteiger partial charge in [-0.05, 0) is 6.42 Å². The maximum Gasteiger partial charge on any atom is 0.490 e. The Hall–Kier alpha value is -2.46. The highest BCUT2D eigenvalue weighted by molar-refractivity contribution is 7.66. The van der Waals surface area contributed by atoms with E-state index in [4.69, 9.17) is 41.1 Å². The zero-order valence-electron chi connectivity index (χ0n) is 20.2. The molecule has 0 aliphatic carbocycles. The molecule has 3 unspecified atom stereocenters. The number of aliphatic carboxylic acids is 2. The van der Waals surface area contributed by atoms with Gasteiger partial charge in [0.2, 0.25) is 0 Å². The molecule has 0 spiro atoms. The largest absolute Gasteiger partial charge is 0.490 e. The van der Waals surface area contributed by atoms with Gasteiger partial charge in [0.1, 0.15) is 36.2 Å². The lowest BCUT2D eigenvalue weighted by molar-refractivity contribution is -0.139. The molecule has 0 aromatic carbocycles. The highest BCUT2D eigenvalue weighted by atomic mass is 31.3. The molecular weight excluding hydrogens is 629 g/mol. The molecule has 0 amide bonds. The number of hydrogen-bond acceptors (Lipinski definition) is 16. The summed E-state index contributed by atoms with van der Waals surface area (Å²) in [5, 5.41) is 36.7. The number of carbonyl (C=O) groups is 2. The molecule has 0 saturated carbocycles. The topological polar surface area (TPSA) is 380 Å². The van der Waals surface area contributed by atoms with Crippen LogP contribution in [0, 0.1) is 0 Å². The second kappa shape index (κ2) is 13.7. The van der Waals surface area contributed by atoms with Gasteiger partial charge < -0.3 is 56.2 Å². The Bertz CT molecular complexity index is 1380. The number of aliphatic hydroxyl groups is 2. The summed E-state index contributed by atoms with van der Waals surface area (Å²) >= 11 is 0. The first-order valence-electron chi connectivity index (χ1n) is 10.7. The number of fused-ring (bicyclic) bond motifs is 1. The first-order valence-corrected chi connectivity index (χ1v) is 15.2. The lowest BCUT2D eigenvalue weighted by Gasteiger charge is -2.19. The molecule has 0 radical (unpaired) electrons. The van der Waals surface area contributed by atoms with Crippen LogP contribution in [-0.4, -0.2) is 102 Å². The van der Waals surface area contributed by atoms with Crippen LogP contribution in [0.4, 0.5) is 5.82 Å². The predicted octanol–water partition coefficient (Wildman–Crippen LogP) is -2.37. The molecule has 23 nitrogen and oxygen atoms in total. The summed E-state index contributed by atoms with van der Waals surface area (Å²) in [4.78, 5) is 67.1. The summed E-state index contributed by atoms with van der Waals surface area (Å²) in [6.07, 6.45) is -3.91. The second-order valence-electron chi connectivity index (χ2n) is 7.89. The monoisotopic (exact) mass is 654 g/mol. The minimum atomic E-state index is -5.70. The number of rotatable bonds is 12. The van der Waals surface area contributed by atoms with Crippen molar-refractivity contribution in [3.8, 4) is 0 Å². The van der Waals surface area contributed by atoms with Gasteiger partial charge in [-0.25, -0.2) is 28.6 Å². The van der Waals surface area contributed by atoms with Gasteiger partial charge >= 0.3 is 35.4 Å². The second-order valence-corrected chi connectivity index (χ2v) is 12.3. The van der Waals surface area contributed by atoms with Gasteiger partial charge in [0.05, 0.1) is 12.9 Å². The Morgan fingerprint density at radius 3 is 2.22 bits per heavy atom. The van der Waals surface area contributed by atoms with Crippen molar-refractivity contribution in [2.45, 2.75) is 43.4 Å². The molecule has 1 fully saturated rings. The summed E-state index contributed by atoms with van der Waals surface area (Å²) in [5.41, 5.74) is 11.0. The Labute approximate surface area is 227 Å². The van der Waals surface area contributed by atoms with Crippen LogP contribution < -0.4 is 11.5 Å². The molecule has 2 aromatic heterocycles. The van der Waals surface area contributed by atoms with E-state index in [1.54, 1.807) is 0 Å². The molecule has 26 heteroatoms. The SMILES string of the molecule is NC(CCC(=O)O)C(=O)O.Nc1ncnc2c1ncn2[C@@H]1O[C@H](COP(=O)(O)OP(=O)(O)OP(=O)(O)O)[C@@H](O)[C@H]1O. The van der Waals surface area contributed by atoms with Crippen molar-refractivity contribution in [3.63, 3.8) is 0 Å². The fourth-order valence-electron chi connectivity index (χ4n) is 3.03. The molecule has 7 atom stereocenters. The van der Waals surface area contributed by atoms with Crippen LogP contribution in [-0.2, 0) is 41.2 Å². The lowest BCUT2D eigenvalue weighted by Crippen LogP contribution is -2.33. The van der Waals surface area contributed by atoms with Gasteiger partial charge in [-0.1, -0.05) is 0 Å². The number of ether oxygens (including phenoxy) is 1. The molecule has 2 aromatic rings. The molecule has 1 aliphatic heterocycles. The van der Waals surface area contributed by atoms with Crippen molar-refractivity contribution < 1.29 is 81.2 Å². The van der Waals surface area contributed by atoms with Crippen molar-refractivity contribution in [1.29, 1.82) is 0 Å². The highest BCUT2D eigenvalue weighted by Crippen LogP contribution is 2.66. The van der Waals surface area contributed by atoms with Gasteiger partial charge in [0.15, 0.2) is 17.7 Å².